The van der Waals surface area contributed by atoms with Gasteiger partial charge in [-0.15, -0.1) is 0 Å². The Hall–Kier alpha value is -1.76. The maximum absolute atomic E-state index is 12.4. The number of carbonyl (C=O) groups is 4. The summed E-state index contributed by atoms with van der Waals surface area (Å²) in [6.45, 7) is 3.46. The van der Waals surface area contributed by atoms with Crippen LogP contribution >= 0.6 is 55.4 Å². The van der Waals surface area contributed by atoms with Gasteiger partial charge < -0.3 is 10.6 Å². The zero-order chi connectivity index (χ0) is 32.2. The van der Waals surface area contributed by atoms with E-state index >= 15 is 0 Å². The third kappa shape index (κ3) is 16.5. The van der Waals surface area contributed by atoms with Gasteiger partial charge in [0.2, 0.25) is 0 Å². The van der Waals surface area contributed by atoms with E-state index in [1.807, 2.05) is 23.5 Å². The molecule has 2 aromatic heterocycles. The summed E-state index contributed by atoms with van der Waals surface area (Å²) in [6, 6.07) is 2.34. The van der Waals surface area contributed by atoms with Gasteiger partial charge in [0.25, 0.3) is 11.8 Å². The van der Waals surface area contributed by atoms with Crippen molar-refractivity contribution in [2.24, 2.45) is 0 Å². The first-order valence-electron chi connectivity index (χ1n) is 15.2. The van der Waals surface area contributed by atoms with Gasteiger partial charge in [0.1, 0.15) is 0 Å². The molecule has 0 aliphatic rings. The van der Waals surface area contributed by atoms with E-state index in [1.165, 1.54) is 63.8 Å². The van der Waals surface area contributed by atoms with Crippen LogP contribution < -0.4 is 10.6 Å². The number of halogens is 2. The molecule has 0 unspecified atom stereocenters. The monoisotopic (exact) mass is 770 g/mol. The lowest BCUT2D eigenvalue weighted by Gasteiger charge is -2.13. The minimum Gasteiger partial charge on any atom is -0.342 e. The van der Waals surface area contributed by atoms with Gasteiger partial charge in [-0.2, -0.15) is 23.5 Å². The Morgan fingerprint density at radius 1 is 0.614 bits per heavy atom. The van der Waals surface area contributed by atoms with Crippen LogP contribution in [0.25, 0.3) is 0 Å². The van der Waals surface area contributed by atoms with Crippen molar-refractivity contribution in [2.75, 3.05) is 23.0 Å². The van der Waals surface area contributed by atoms with Crippen LogP contribution in [0.4, 0.5) is 0 Å². The Bertz CT molecular complexity index is 1110. The number of nitrogens with zero attached hydrogens (tertiary/aromatic N) is 2. The smallest absolute Gasteiger partial charge is 0.253 e. The van der Waals surface area contributed by atoms with Crippen LogP contribution in [0.3, 0.4) is 0 Å². The Morgan fingerprint density at radius 3 is 1.34 bits per heavy atom. The fourth-order valence-corrected chi connectivity index (χ4v) is 6.89. The first-order chi connectivity index (χ1) is 21.2. The van der Waals surface area contributed by atoms with Gasteiger partial charge in [-0.3, -0.25) is 29.1 Å². The van der Waals surface area contributed by atoms with Crippen molar-refractivity contribution in [1.29, 1.82) is 0 Å². The fourth-order valence-electron chi connectivity index (χ4n) is 4.24. The summed E-state index contributed by atoms with van der Waals surface area (Å²) in [4.78, 5) is 57.2. The second-order valence-corrected chi connectivity index (χ2v) is 14.9. The van der Waals surface area contributed by atoms with Gasteiger partial charge in [-0.05, 0) is 82.2 Å². The molecule has 242 valence electrons. The summed E-state index contributed by atoms with van der Waals surface area (Å²) in [6.07, 6.45) is 16.9. The van der Waals surface area contributed by atoms with Crippen LogP contribution in [-0.2, 0) is 9.59 Å². The summed E-state index contributed by atoms with van der Waals surface area (Å²) in [5, 5.41) is 5.52. The third-order valence-electron chi connectivity index (χ3n) is 6.91. The highest BCUT2D eigenvalue weighted by Crippen LogP contribution is 2.15. The zero-order valence-corrected chi connectivity index (χ0v) is 30.4. The van der Waals surface area contributed by atoms with Crippen molar-refractivity contribution in [3.63, 3.8) is 0 Å². The number of unbranched alkanes of at least 4 members (excludes halogenated alkanes) is 7. The molecule has 0 bridgehead atoms. The molecule has 44 heavy (non-hydrogen) atoms. The average molecular weight is 773 g/mol. The van der Waals surface area contributed by atoms with Crippen LogP contribution in [0.2, 0.25) is 0 Å². The lowest BCUT2D eigenvalue weighted by molar-refractivity contribution is -0.120. The number of amides is 2. The van der Waals surface area contributed by atoms with Gasteiger partial charge in [0.05, 0.1) is 23.2 Å². The molecule has 2 rings (SSSR count). The van der Waals surface area contributed by atoms with Crippen LogP contribution in [0, 0.1) is 0 Å². The van der Waals surface area contributed by atoms with E-state index in [0.29, 0.717) is 24.0 Å². The predicted molar refractivity (Wildman–Crippen MR) is 189 cm³/mol. The number of hydrogen-bond acceptors (Lipinski definition) is 8. The predicted octanol–water partition coefficient (Wildman–Crippen LogP) is 7.44. The fraction of sp³-hybridized carbons (Fsp3) is 0.562. The van der Waals surface area contributed by atoms with Crippen LogP contribution in [0.1, 0.15) is 98.8 Å². The quantitative estimate of drug-likeness (QED) is 0.112. The molecule has 0 saturated heterocycles. The van der Waals surface area contributed by atoms with Gasteiger partial charge in [0, 0.05) is 58.1 Å². The highest BCUT2D eigenvalue weighted by Gasteiger charge is 2.18. The molecule has 0 radical (unpaired) electrons. The first kappa shape index (κ1) is 38.4. The summed E-state index contributed by atoms with van der Waals surface area (Å²) < 4.78 is 1.45. The molecule has 12 heteroatoms. The Labute approximate surface area is 287 Å². The van der Waals surface area contributed by atoms with Gasteiger partial charge in [0.15, 0.2) is 11.6 Å². The van der Waals surface area contributed by atoms with Gasteiger partial charge >= 0.3 is 0 Å². The number of thioether (sulfide) groups is 2. The second-order valence-electron chi connectivity index (χ2n) is 10.7. The van der Waals surface area contributed by atoms with E-state index in [9.17, 15) is 19.2 Å². The molecule has 0 spiro atoms. The number of hydrogen-bond donors (Lipinski definition) is 2. The standard InChI is InChI=1S/C32H44Br2N4O4S2/c1-23(37-31(41)25-17-27(33)21-35-19-25)29(39)11-15-43-13-9-7-5-3-4-6-8-10-14-44-16-12-30(40)24(2)38-32(42)26-18-28(34)22-36-20-26/h17-24H,3-16H2,1-2H3,(H,37,41)(H,38,42)/t23-,24-/m0/s1. The molecule has 2 N–H and O–H groups in total. The second kappa shape index (κ2) is 22.7. The number of aromatic nitrogens is 2. The van der Waals surface area contributed by atoms with Crippen molar-refractivity contribution in [3.05, 3.63) is 57.0 Å². The van der Waals surface area contributed by atoms with Gasteiger partial charge in [-0.25, -0.2) is 0 Å². The summed E-state index contributed by atoms with van der Waals surface area (Å²) in [7, 11) is 0. The van der Waals surface area contributed by atoms with Crippen LogP contribution in [0.5, 0.6) is 0 Å². The Morgan fingerprint density at radius 2 is 0.977 bits per heavy atom. The van der Waals surface area contributed by atoms with Crippen molar-refractivity contribution >= 4 is 78.8 Å². The van der Waals surface area contributed by atoms with E-state index in [0.717, 1.165) is 32.0 Å². The molecular formula is C32H44Br2N4O4S2. The average Bonchev–Trinajstić information content (AvgIpc) is 3.00. The number of pyridine rings is 2. The summed E-state index contributed by atoms with van der Waals surface area (Å²) in [5.74, 6) is 3.20. The minimum absolute atomic E-state index is 0.0479. The highest BCUT2D eigenvalue weighted by atomic mass is 79.9. The first-order valence-corrected chi connectivity index (χ1v) is 19.1. The largest absolute Gasteiger partial charge is 0.342 e. The number of rotatable bonds is 23. The molecule has 2 amide bonds. The number of nitrogens with one attached hydrogen (secondary N) is 2. The van der Waals surface area contributed by atoms with Crippen molar-refractivity contribution < 1.29 is 19.2 Å². The SMILES string of the molecule is C[C@H](NC(=O)c1cncc(Br)c1)C(=O)CCSCCCCCCCCCCSCCC(=O)[C@H](C)NC(=O)c1cncc(Br)c1. The summed E-state index contributed by atoms with van der Waals surface area (Å²) >= 11 is 10.2. The Kier molecular flexibility index (Phi) is 19.8. The topological polar surface area (TPSA) is 118 Å². The zero-order valence-electron chi connectivity index (χ0n) is 25.6. The molecular weight excluding hydrogens is 728 g/mol. The van der Waals surface area contributed by atoms with E-state index in [1.54, 1.807) is 38.4 Å². The lowest BCUT2D eigenvalue weighted by atomic mass is 10.1. The molecule has 0 saturated carbocycles. The van der Waals surface area contributed by atoms with Crippen molar-refractivity contribution in [3.8, 4) is 0 Å². The molecule has 2 atom stereocenters. The molecule has 8 nitrogen and oxygen atoms in total. The lowest BCUT2D eigenvalue weighted by Crippen LogP contribution is -2.38. The Balaban J connectivity index is 1.36. The van der Waals surface area contributed by atoms with Crippen molar-refractivity contribution in [2.45, 2.75) is 90.1 Å². The number of ketones is 2. The van der Waals surface area contributed by atoms with E-state index in [4.69, 9.17) is 0 Å². The van der Waals surface area contributed by atoms with Gasteiger partial charge in [-0.1, -0.05) is 38.5 Å². The maximum Gasteiger partial charge on any atom is 0.253 e. The maximum atomic E-state index is 12.4. The third-order valence-corrected chi connectivity index (χ3v) is 9.92. The van der Waals surface area contributed by atoms with E-state index in [2.05, 4.69) is 52.5 Å². The molecule has 2 aromatic rings. The molecule has 0 fully saturated rings. The van der Waals surface area contributed by atoms with E-state index < -0.39 is 12.1 Å². The molecule has 0 aliphatic carbocycles. The molecule has 0 aliphatic heterocycles. The van der Waals surface area contributed by atoms with E-state index in [-0.39, 0.29) is 23.4 Å². The number of Topliss-reactive ketones (excluding diaryl/α,β-unsaturated/α-hetero) is 2. The minimum atomic E-state index is -0.513. The number of carbonyl (C=O) groups excluding carboxylic acids is 4. The molecule has 2 heterocycles. The molecule has 0 aromatic carbocycles. The highest BCUT2D eigenvalue weighted by molar-refractivity contribution is 9.10. The van der Waals surface area contributed by atoms with Crippen LogP contribution in [0.15, 0.2) is 45.9 Å². The normalized spacial score (nSPS) is 12.4. The van der Waals surface area contributed by atoms with Crippen molar-refractivity contribution in [1.82, 2.24) is 20.6 Å². The van der Waals surface area contributed by atoms with Crippen LogP contribution in [-0.4, -0.2) is 68.4 Å². The summed E-state index contributed by atoms with van der Waals surface area (Å²) in [5.41, 5.74) is 0.860.